The molecule has 4 rings (SSSR count). The predicted molar refractivity (Wildman–Crippen MR) is 113 cm³/mol. The zero-order chi connectivity index (χ0) is 20.4. The van der Waals surface area contributed by atoms with Crippen LogP contribution in [0.5, 0.6) is 0 Å². The van der Waals surface area contributed by atoms with Gasteiger partial charge in [-0.2, -0.15) is 0 Å². The highest BCUT2D eigenvalue weighted by Gasteiger charge is 2.35. The number of carbonyl (C=O) groups is 3. The molecule has 150 valence electrons. The molecule has 0 radical (unpaired) electrons. The van der Waals surface area contributed by atoms with E-state index in [4.69, 9.17) is 0 Å². The van der Waals surface area contributed by atoms with Crippen molar-refractivity contribution in [2.75, 3.05) is 34.8 Å². The molecule has 6 heteroatoms. The molecule has 2 aromatic carbocycles. The number of anilines is 3. The maximum absolute atomic E-state index is 12.7. The van der Waals surface area contributed by atoms with Crippen molar-refractivity contribution in [3.63, 3.8) is 0 Å². The molecule has 2 heterocycles. The lowest BCUT2D eigenvalue weighted by atomic mass is 10.1. The fraction of sp³-hybridized carbons (Fsp3) is 0.348. The second-order valence-corrected chi connectivity index (χ2v) is 7.74. The molecule has 6 nitrogen and oxygen atoms in total. The Morgan fingerprint density at radius 3 is 2.41 bits per heavy atom. The second-order valence-electron chi connectivity index (χ2n) is 7.74. The standard InChI is InChI=1S/C23H25N3O3/c1-16(27)17-5-4-6-21(13-17)26-15-18(14-22(26)28)23(29)24-19-7-9-20(10-8-19)25-11-2-3-12-25/h4-10,13,18H,2-3,11-12,14-15H2,1H3,(H,24,29). The van der Waals surface area contributed by atoms with Gasteiger partial charge >= 0.3 is 0 Å². The number of benzene rings is 2. The van der Waals surface area contributed by atoms with Crippen LogP contribution in [0.25, 0.3) is 0 Å². The van der Waals surface area contributed by atoms with Crippen LogP contribution in [0.15, 0.2) is 48.5 Å². The van der Waals surface area contributed by atoms with Crippen LogP contribution in [-0.4, -0.2) is 37.2 Å². The minimum absolute atomic E-state index is 0.0508. The molecule has 2 aliphatic heterocycles. The average Bonchev–Trinajstić information content (AvgIpc) is 3.39. The van der Waals surface area contributed by atoms with Gasteiger partial charge in [0.05, 0.1) is 5.92 Å². The van der Waals surface area contributed by atoms with E-state index in [9.17, 15) is 14.4 Å². The summed E-state index contributed by atoms with van der Waals surface area (Å²) >= 11 is 0. The maximum Gasteiger partial charge on any atom is 0.229 e. The van der Waals surface area contributed by atoms with Crippen LogP contribution in [0.2, 0.25) is 0 Å². The van der Waals surface area contributed by atoms with Gasteiger partial charge in [-0.25, -0.2) is 0 Å². The predicted octanol–water partition coefficient (Wildman–Crippen LogP) is 3.48. The lowest BCUT2D eigenvalue weighted by molar-refractivity contribution is -0.122. The van der Waals surface area contributed by atoms with E-state index < -0.39 is 5.92 Å². The number of Topliss-reactive ketones (excluding diaryl/α,β-unsaturated/α-hetero) is 1. The summed E-state index contributed by atoms with van der Waals surface area (Å²) in [6.07, 6.45) is 2.61. The van der Waals surface area contributed by atoms with E-state index in [0.717, 1.165) is 18.8 Å². The Bertz CT molecular complexity index is 933. The SMILES string of the molecule is CC(=O)c1cccc(N2CC(C(=O)Nc3ccc(N4CCCC4)cc3)CC2=O)c1. The molecule has 29 heavy (non-hydrogen) atoms. The summed E-state index contributed by atoms with van der Waals surface area (Å²) in [5.41, 5.74) is 3.13. The largest absolute Gasteiger partial charge is 0.372 e. The molecule has 0 bridgehead atoms. The average molecular weight is 391 g/mol. The minimum Gasteiger partial charge on any atom is -0.372 e. The van der Waals surface area contributed by atoms with E-state index in [1.807, 2.05) is 24.3 Å². The molecule has 1 N–H and O–H groups in total. The van der Waals surface area contributed by atoms with E-state index in [2.05, 4.69) is 10.2 Å². The summed E-state index contributed by atoms with van der Waals surface area (Å²) < 4.78 is 0. The Balaban J connectivity index is 1.40. The van der Waals surface area contributed by atoms with Crippen molar-refractivity contribution in [2.45, 2.75) is 26.2 Å². The highest BCUT2D eigenvalue weighted by molar-refractivity contribution is 6.04. The molecule has 2 amide bonds. The number of amides is 2. The molecule has 0 aromatic heterocycles. The number of nitrogens with zero attached hydrogens (tertiary/aromatic N) is 2. The van der Waals surface area contributed by atoms with Gasteiger partial charge in [-0.05, 0) is 56.2 Å². The molecule has 2 saturated heterocycles. The van der Waals surface area contributed by atoms with Crippen LogP contribution in [0.4, 0.5) is 17.1 Å². The fourth-order valence-electron chi connectivity index (χ4n) is 4.00. The van der Waals surface area contributed by atoms with Crippen molar-refractivity contribution < 1.29 is 14.4 Å². The third-order valence-corrected chi connectivity index (χ3v) is 5.67. The zero-order valence-corrected chi connectivity index (χ0v) is 16.6. The number of ketones is 1. The van der Waals surface area contributed by atoms with Crippen molar-refractivity contribution in [1.29, 1.82) is 0 Å². The Hall–Kier alpha value is -3.15. The summed E-state index contributed by atoms with van der Waals surface area (Å²) in [7, 11) is 0. The first-order valence-electron chi connectivity index (χ1n) is 10.1. The fourth-order valence-corrected chi connectivity index (χ4v) is 4.00. The van der Waals surface area contributed by atoms with Crippen LogP contribution in [0.3, 0.4) is 0 Å². The normalized spacial score (nSPS) is 18.9. The first-order valence-corrected chi connectivity index (χ1v) is 10.1. The van der Waals surface area contributed by atoms with Gasteiger partial charge in [0.1, 0.15) is 0 Å². The molecule has 0 aliphatic carbocycles. The van der Waals surface area contributed by atoms with Crippen molar-refractivity contribution in [1.82, 2.24) is 0 Å². The van der Waals surface area contributed by atoms with Crippen LogP contribution in [0.1, 0.15) is 36.5 Å². The Kier molecular flexibility index (Phi) is 5.34. The lowest BCUT2D eigenvalue weighted by Gasteiger charge is -2.18. The summed E-state index contributed by atoms with van der Waals surface area (Å²) in [5.74, 6) is -0.723. The minimum atomic E-state index is -0.415. The third kappa shape index (κ3) is 4.16. The van der Waals surface area contributed by atoms with Crippen LogP contribution < -0.4 is 15.1 Å². The van der Waals surface area contributed by atoms with Gasteiger partial charge in [0.15, 0.2) is 5.78 Å². The van der Waals surface area contributed by atoms with Crippen LogP contribution in [-0.2, 0) is 9.59 Å². The summed E-state index contributed by atoms with van der Waals surface area (Å²) in [5, 5.41) is 2.93. The topological polar surface area (TPSA) is 69.7 Å². The van der Waals surface area contributed by atoms with E-state index in [0.29, 0.717) is 17.8 Å². The highest BCUT2D eigenvalue weighted by Crippen LogP contribution is 2.27. The number of carbonyl (C=O) groups excluding carboxylic acids is 3. The molecule has 2 fully saturated rings. The molecule has 0 saturated carbocycles. The summed E-state index contributed by atoms with van der Waals surface area (Å²) in [4.78, 5) is 40.7. The highest BCUT2D eigenvalue weighted by atomic mass is 16.2. The van der Waals surface area contributed by atoms with Gasteiger partial charge in [0.25, 0.3) is 0 Å². The number of nitrogens with one attached hydrogen (secondary N) is 1. The number of hydrogen-bond acceptors (Lipinski definition) is 4. The summed E-state index contributed by atoms with van der Waals surface area (Å²) in [6.45, 7) is 3.97. The Morgan fingerprint density at radius 1 is 1.00 bits per heavy atom. The van der Waals surface area contributed by atoms with E-state index in [1.165, 1.54) is 25.5 Å². The molecule has 2 aromatic rings. The van der Waals surface area contributed by atoms with Gasteiger partial charge in [-0.1, -0.05) is 12.1 Å². The molecule has 0 spiro atoms. The van der Waals surface area contributed by atoms with E-state index in [1.54, 1.807) is 29.2 Å². The quantitative estimate of drug-likeness (QED) is 0.793. The lowest BCUT2D eigenvalue weighted by Crippen LogP contribution is -2.28. The molecular weight excluding hydrogens is 366 g/mol. The van der Waals surface area contributed by atoms with Gasteiger partial charge in [-0.15, -0.1) is 0 Å². The van der Waals surface area contributed by atoms with Crippen LogP contribution in [0, 0.1) is 5.92 Å². The van der Waals surface area contributed by atoms with Crippen LogP contribution >= 0.6 is 0 Å². The first-order chi connectivity index (χ1) is 14.0. The second kappa shape index (κ2) is 8.07. The summed E-state index contributed by atoms with van der Waals surface area (Å²) in [6, 6.07) is 14.9. The Labute approximate surface area is 170 Å². The number of hydrogen-bond donors (Lipinski definition) is 1. The van der Waals surface area contributed by atoms with Gasteiger partial charge < -0.3 is 15.1 Å². The molecule has 1 atom stereocenters. The van der Waals surface area contributed by atoms with Crippen molar-refractivity contribution in [3.8, 4) is 0 Å². The van der Waals surface area contributed by atoms with Crippen molar-refractivity contribution in [3.05, 3.63) is 54.1 Å². The maximum atomic E-state index is 12.7. The van der Waals surface area contributed by atoms with Crippen molar-refractivity contribution in [2.24, 2.45) is 5.92 Å². The van der Waals surface area contributed by atoms with E-state index in [-0.39, 0.29) is 24.0 Å². The van der Waals surface area contributed by atoms with E-state index >= 15 is 0 Å². The third-order valence-electron chi connectivity index (χ3n) is 5.67. The Morgan fingerprint density at radius 2 is 1.72 bits per heavy atom. The monoisotopic (exact) mass is 391 g/mol. The zero-order valence-electron chi connectivity index (χ0n) is 16.6. The molecule has 2 aliphatic rings. The van der Waals surface area contributed by atoms with Gasteiger partial charge in [0, 0.05) is 48.7 Å². The molecular formula is C23H25N3O3. The van der Waals surface area contributed by atoms with Crippen molar-refractivity contribution >= 4 is 34.7 Å². The molecule has 1 unspecified atom stereocenters. The first kappa shape index (κ1) is 19.2. The smallest absolute Gasteiger partial charge is 0.229 e. The van der Waals surface area contributed by atoms with Gasteiger partial charge in [0.2, 0.25) is 11.8 Å². The van der Waals surface area contributed by atoms with Gasteiger partial charge in [-0.3, -0.25) is 14.4 Å². The number of rotatable bonds is 5.